The quantitative estimate of drug-likeness (QED) is 0.0435. The number of guanidine groups is 1. The number of ether oxygens (including phenoxy) is 9. The molecule has 1 aliphatic heterocycles. The molecule has 0 atom stereocenters. The molecule has 1 aromatic carbocycles. The number of anilines is 1. The molecule has 5 N–H and O–H groups in total. The lowest BCUT2D eigenvalue weighted by molar-refractivity contribution is -0.127. The molecule has 1 amide bonds. The summed E-state index contributed by atoms with van der Waals surface area (Å²) in [5, 5.41) is 26.5. The first-order valence-corrected chi connectivity index (χ1v) is 22.2. The molecule has 2 heterocycles. The lowest BCUT2D eigenvalue weighted by Gasteiger charge is -2.23. The molecule has 0 spiro atoms. The van der Waals surface area contributed by atoms with E-state index in [1.807, 2.05) is 34.6 Å². The number of amides is 1. The molecule has 0 aliphatic carbocycles. The second kappa shape index (κ2) is 35.4. The van der Waals surface area contributed by atoms with Crippen molar-refractivity contribution in [1.29, 1.82) is 5.26 Å². The van der Waals surface area contributed by atoms with Gasteiger partial charge in [-0.05, 0) is 48.6 Å². The molecule has 3 rings (SSSR count). The standard InChI is InChI=1S/C43H67N7O11S/c1-2-10-50(42(52)37-33-40-39(7-31-62-40)49-41(45)34-37)11-4-8-46-43(48-38-6-3-5-36(32-38)35-44)47-9-13-53-15-17-55-19-21-57-23-25-59-27-29-61-30-28-60-26-24-58-22-20-56-18-16-54-14-12-51/h3,5-7,31-33,51H,2,4,8-30,34H2,1H3,(H2,45,49)(H2,46,47,48). The van der Waals surface area contributed by atoms with Gasteiger partial charge in [-0.1, -0.05) is 13.0 Å². The number of carbonyl (C=O) groups is 1. The van der Waals surface area contributed by atoms with Crippen molar-refractivity contribution in [2.75, 3.05) is 157 Å². The van der Waals surface area contributed by atoms with Crippen molar-refractivity contribution in [2.45, 2.75) is 26.2 Å². The van der Waals surface area contributed by atoms with Crippen LogP contribution in [0.4, 0.5) is 11.4 Å². The van der Waals surface area contributed by atoms with Crippen LogP contribution in [0.25, 0.3) is 6.08 Å². The van der Waals surface area contributed by atoms with Gasteiger partial charge in [0, 0.05) is 43.9 Å². The van der Waals surface area contributed by atoms with E-state index in [0.29, 0.717) is 181 Å². The molecule has 0 saturated carbocycles. The monoisotopic (exact) mass is 889 g/mol. The summed E-state index contributed by atoms with van der Waals surface area (Å²) in [6, 6.07) is 11.3. The number of amidine groups is 1. The van der Waals surface area contributed by atoms with Crippen molar-refractivity contribution in [3.05, 3.63) is 51.7 Å². The number of nitrogens with one attached hydrogen (secondary N) is 2. The number of carbonyl (C=O) groups excluding carboxylic acids is 1. The highest BCUT2D eigenvalue weighted by Gasteiger charge is 2.21. The molecule has 0 bridgehead atoms. The molecule has 346 valence electrons. The summed E-state index contributed by atoms with van der Waals surface area (Å²) in [4.78, 5) is 25.6. The number of aliphatic imine (C=N–C) groups is 2. The summed E-state index contributed by atoms with van der Waals surface area (Å²) in [5.41, 5.74) is 8.86. The third-order valence-electron chi connectivity index (χ3n) is 8.53. The summed E-state index contributed by atoms with van der Waals surface area (Å²) in [6.45, 7) is 12.4. The van der Waals surface area contributed by atoms with Crippen molar-refractivity contribution >= 4 is 46.5 Å². The van der Waals surface area contributed by atoms with E-state index in [2.05, 4.69) is 28.6 Å². The molecule has 1 aromatic heterocycles. The molecule has 0 fully saturated rings. The zero-order chi connectivity index (χ0) is 44.1. The summed E-state index contributed by atoms with van der Waals surface area (Å²) in [7, 11) is 0. The molecule has 18 nitrogen and oxygen atoms in total. The van der Waals surface area contributed by atoms with E-state index in [1.165, 1.54) is 0 Å². The summed E-state index contributed by atoms with van der Waals surface area (Å²) in [6.07, 6.45) is 3.71. The summed E-state index contributed by atoms with van der Waals surface area (Å²) in [5.74, 6) is 0.940. The molecule has 2 aromatic rings. The lowest BCUT2D eigenvalue weighted by atomic mass is 10.1. The fraction of sp³-hybridized carbons (Fsp3) is 0.628. The lowest BCUT2D eigenvalue weighted by Crippen LogP contribution is -2.36. The first-order valence-electron chi connectivity index (χ1n) is 21.3. The van der Waals surface area contributed by atoms with Crippen molar-refractivity contribution in [3.63, 3.8) is 0 Å². The normalized spacial score (nSPS) is 12.6. The van der Waals surface area contributed by atoms with Gasteiger partial charge in [-0.15, -0.1) is 11.3 Å². The van der Waals surface area contributed by atoms with E-state index >= 15 is 0 Å². The zero-order valence-corrected chi connectivity index (χ0v) is 37.0. The van der Waals surface area contributed by atoms with Crippen LogP contribution in [0.1, 0.15) is 36.6 Å². The van der Waals surface area contributed by atoms with Gasteiger partial charge in [-0.2, -0.15) is 5.26 Å². The first kappa shape index (κ1) is 52.3. The van der Waals surface area contributed by atoms with Crippen LogP contribution in [0.15, 0.2) is 51.3 Å². The van der Waals surface area contributed by atoms with Crippen LogP contribution in [0.2, 0.25) is 0 Å². The van der Waals surface area contributed by atoms with E-state index in [4.69, 9.17) is 58.5 Å². The van der Waals surface area contributed by atoms with Gasteiger partial charge in [-0.3, -0.25) is 9.79 Å². The Bertz CT molecular complexity index is 1620. The van der Waals surface area contributed by atoms with E-state index in [9.17, 15) is 10.1 Å². The summed E-state index contributed by atoms with van der Waals surface area (Å²) < 4.78 is 49.3. The van der Waals surface area contributed by atoms with Gasteiger partial charge in [0.2, 0.25) is 5.91 Å². The molecular weight excluding hydrogens is 823 g/mol. The number of benzene rings is 1. The van der Waals surface area contributed by atoms with Gasteiger partial charge in [0.05, 0.1) is 148 Å². The number of rotatable bonds is 37. The van der Waals surface area contributed by atoms with Crippen LogP contribution in [0.3, 0.4) is 0 Å². The second-order valence-electron chi connectivity index (χ2n) is 13.5. The van der Waals surface area contributed by atoms with Gasteiger partial charge in [0.1, 0.15) is 5.84 Å². The Balaban J connectivity index is 1.19. The van der Waals surface area contributed by atoms with Crippen molar-refractivity contribution in [3.8, 4) is 6.07 Å². The molecule has 0 radical (unpaired) electrons. The average molecular weight is 890 g/mol. The Labute approximate surface area is 370 Å². The van der Waals surface area contributed by atoms with Crippen LogP contribution in [0.5, 0.6) is 0 Å². The smallest absolute Gasteiger partial charge is 0.250 e. The number of hydrogen-bond donors (Lipinski definition) is 4. The first-order chi connectivity index (χ1) is 30.5. The highest BCUT2D eigenvalue weighted by Crippen LogP contribution is 2.31. The Morgan fingerprint density at radius 1 is 0.823 bits per heavy atom. The minimum Gasteiger partial charge on any atom is -0.394 e. The van der Waals surface area contributed by atoms with E-state index in [1.54, 1.807) is 23.5 Å². The van der Waals surface area contributed by atoms with Crippen molar-refractivity contribution in [1.82, 2.24) is 10.2 Å². The zero-order valence-electron chi connectivity index (χ0n) is 36.2. The maximum atomic E-state index is 13.6. The van der Waals surface area contributed by atoms with Crippen LogP contribution < -0.4 is 16.4 Å². The average Bonchev–Trinajstić information content (AvgIpc) is 3.64. The molecule has 1 aliphatic rings. The highest BCUT2D eigenvalue weighted by atomic mass is 32.1. The Morgan fingerprint density at radius 2 is 1.37 bits per heavy atom. The number of nitrogens with zero attached hydrogens (tertiary/aromatic N) is 4. The number of aliphatic hydroxyl groups is 1. The van der Waals surface area contributed by atoms with Gasteiger partial charge < -0.3 is 69.0 Å². The third-order valence-corrected chi connectivity index (χ3v) is 9.38. The summed E-state index contributed by atoms with van der Waals surface area (Å²) >= 11 is 1.54. The molecular formula is C43H67N7O11S. The second-order valence-corrected chi connectivity index (χ2v) is 14.4. The van der Waals surface area contributed by atoms with E-state index in [0.717, 1.165) is 22.7 Å². The van der Waals surface area contributed by atoms with Crippen molar-refractivity contribution < 1.29 is 52.5 Å². The predicted octanol–water partition coefficient (Wildman–Crippen LogP) is 3.22. The number of fused-ring (bicyclic) bond motifs is 1. The van der Waals surface area contributed by atoms with E-state index in [-0.39, 0.29) is 12.5 Å². The Morgan fingerprint density at radius 3 is 1.90 bits per heavy atom. The molecule has 62 heavy (non-hydrogen) atoms. The molecule has 0 unspecified atom stereocenters. The van der Waals surface area contributed by atoms with Gasteiger partial charge in [0.15, 0.2) is 5.96 Å². The number of thiophene rings is 1. The highest BCUT2D eigenvalue weighted by molar-refractivity contribution is 7.11. The molecule has 0 saturated heterocycles. The van der Waals surface area contributed by atoms with Gasteiger partial charge >= 0.3 is 0 Å². The maximum absolute atomic E-state index is 13.6. The van der Waals surface area contributed by atoms with Crippen LogP contribution >= 0.6 is 11.3 Å². The number of hydrogen-bond acceptors (Lipinski definition) is 16. The van der Waals surface area contributed by atoms with Crippen molar-refractivity contribution in [2.24, 2.45) is 15.7 Å². The predicted molar refractivity (Wildman–Crippen MR) is 239 cm³/mol. The Kier molecular flexibility index (Phi) is 29.9. The van der Waals surface area contributed by atoms with Crippen LogP contribution in [0, 0.1) is 11.3 Å². The van der Waals surface area contributed by atoms with Crippen LogP contribution in [-0.4, -0.2) is 179 Å². The minimum atomic E-state index is -0.0346. The van der Waals surface area contributed by atoms with E-state index < -0.39 is 0 Å². The van der Waals surface area contributed by atoms with Crippen LogP contribution in [-0.2, 0) is 47.4 Å². The Hall–Kier alpha value is -4.04. The number of nitrogens with two attached hydrogens (primary N) is 1. The SMILES string of the molecule is CCCN(CCCN=C(NCCOCCOCCOCCOCCOCCOCCOCCOCCOCCO)Nc1cccc(C#N)c1)C(=O)C1=Cc2sccc2N=C(N)C1. The fourth-order valence-electron chi connectivity index (χ4n) is 5.60. The minimum absolute atomic E-state index is 0.0146. The maximum Gasteiger partial charge on any atom is 0.250 e. The largest absolute Gasteiger partial charge is 0.394 e. The number of nitriles is 1. The third kappa shape index (κ3) is 24.6. The van der Waals surface area contributed by atoms with Gasteiger partial charge in [0.25, 0.3) is 0 Å². The van der Waals surface area contributed by atoms with Gasteiger partial charge in [-0.25, -0.2) is 4.99 Å². The number of aliphatic hydroxyl groups excluding tert-OH is 1. The molecule has 19 heteroatoms. The topological polar surface area (TPSA) is 222 Å². The fourth-order valence-corrected chi connectivity index (χ4v) is 6.39.